The highest BCUT2D eigenvalue weighted by atomic mass is 16.6. The number of aryl methyl sites for hydroxylation is 1. The quantitative estimate of drug-likeness (QED) is 0.215. The molecule has 3 aromatic carbocycles. The van der Waals surface area contributed by atoms with Crippen LogP contribution >= 0.6 is 0 Å². The Morgan fingerprint density at radius 2 is 1.75 bits per heavy atom. The normalized spacial score (nSPS) is 15.2. The average molecular weight is 425 g/mol. The van der Waals surface area contributed by atoms with E-state index >= 15 is 0 Å². The highest BCUT2D eigenvalue weighted by molar-refractivity contribution is 6.09. The highest BCUT2D eigenvalue weighted by Gasteiger charge is 2.43. The highest BCUT2D eigenvalue weighted by Crippen LogP contribution is 2.41. The summed E-state index contributed by atoms with van der Waals surface area (Å²) < 4.78 is 4.49. The van der Waals surface area contributed by atoms with E-state index in [2.05, 4.69) is 84.5 Å². The first kappa shape index (κ1) is 20.2. The van der Waals surface area contributed by atoms with Crippen molar-refractivity contribution in [1.82, 2.24) is 4.57 Å². The lowest BCUT2D eigenvalue weighted by Crippen LogP contribution is -2.26. The summed E-state index contributed by atoms with van der Waals surface area (Å²) in [5.41, 5.74) is 6.56. The molecule has 0 saturated carbocycles. The van der Waals surface area contributed by atoms with Gasteiger partial charge < -0.3 is 4.57 Å². The maximum Gasteiger partial charge on any atom is 0.270 e. The van der Waals surface area contributed by atoms with Crippen molar-refractivity contribution in [3.8, 4) is 0 Å². The lowest BCUT2D eigenvalue weighted by molar-refractivity contribution is -0.402. The predicted octanol–water partition coefficient (Wildman–Crippen LogP) is 6.44. The van der Waals surface area contributed by atoms with Crippen LogP contribution in [0.4, 0.5) is 11.4 Å². The summed E-state index contributed by atoms with van der Waals surface area (Å²) in [5, 5.41) is 13.8. The van der Waals surface area contributed by atoms with Crippen molar-refractivity contribution in [2.75, 3.05) is 7.05 Å². The van der Waals surface area contributed by atoms with E-state index in [0.29, 0.717) is 0 Å². The fourth-order valence-electron chi connectivity index (χ4n) is 5.13. The number of benzene rings is 3. The van der Waals surface area contributed by atoms with Crippen LogP contribution in [0.25, 0.3) is 27.9 Å². The minimum Gasteiger partial charge on any atom is -0.341 e. The molecule has 0 aliphatic carbocycles. The molecule has 0 radical (unpaired) electrons. The molecule has 0 bridgehead atoms. The lowest BCUT2D eigenvalue weighted by Gasteiger charge is -2.15. The van der Waals surface area contributed by atoms with Gasteiger partial charge in [0, 0.05) is 58.2 Å². The van der Waals surface area contributed by atoms with Gasteiger partial charge >= 0.3 is 0 Å². The van der Waals surface area contributed by atoms with Gasteiger partial charge in [-0.3, -0.25) is 10.1 Å². The molecular weight excluding hydrogens is 398 g/mol. The monoisotopic (exact) mass is 424 g/mol. The van der Waals surface area contributed by atoms with E-state index in [1.807, 2.05) is 13.1 Å². The van der Waals surface area contributed by atoms with Gasteiger partial charge in [-0.25, -0.2) is 0 Å². The molecule has 5 nitrogen and oxygen atoms in total. The Kier molecular flexibility index (Phi) is 4.52. The topological polar surface area (TPSA) is 51.1 Å². The maximum absolute atomic E-state index is 11.3. The number of rotatable bonds is 4. The van der Waals surface area contributed by atoms with Crippen molar-refractivity contribution >= 4 is 45.0 Å². The molecule has 0 saturated heterocycles. The third-order valence-electron chi connectivity index (χ3n) is 6.77. The first-order valence-electron chi connectivity index (χ1n) is 10.9. The summed E-state index contributed by atoms with van der Waals surface area (Å²) in [5.74, 6) is 0. The minimum atomic E-state index is -0.327. The lowest BCUT2D eigenvalue weighted by atomic mass is 9.81. The van der Waals surface area contributed by atoms with E-state index in [-0.39, 0.29) is 16.0 Å². The number of hydrogen-bond acceptors (Lipinski definition) is 2. The number of nitrogens with zero attached hydrogens (tertiary/aromatic N) is 3. The molecule has 0 atom stereocenters. The van der Waals surface area contributed by atoms with Gasteiger partial charge in [0.25, 0.3) is 5.69 Å². The number of non-ortho nitro benzene ring substituents is 1. The third-order valence-corrected chi connectivity index (χ3v) is 6.77. The Labute approximate surface area is 187 Å². The summed E-state index contributed by atoms with van der Waals surface area (Å²) in [6, 6.07) is 20.3. The number of allylic oxidation sites excluding steroid dienone is 1. The smallest absolute Gasteiger partial charge is 0.270 e. The average Bonchev–Trinajstić information content (AvgIpc) is 3.20. The van der Waals surface area contributed by atoms with Crippen LogP contribution < -0.4 is 0 Å². The number of hydrogen-bond donors (Lipinski definition) is 0. The Bertz CT molecular complexity index is 1470. The Hall–Kier alpha value is -3.73. The molecule has 1 aliphatic heterocycles. The van der Waals surface area contributed by atoms with Crippen LogP contribution in [0.3, 0.4) is 0 Å². The fourth-order valence-corrected chi connectivity index (χ4v) is 5.13. The zero-order chi connectivity index (χ0) is 22.6. The summed E-state index contributed by atoms with van der Waals surface area (Å²) in [6.45, 7) is 7.35. The van der Waals surface area contributed by atoms with Crippen LogP contribution in [0.15, 0.2) is 66.7 Å². The largest absolute Gasteiger partial charge is 0.341 e. The van der Waals surface area contributed by atoms with Gasteiger partial charge in [-0.1, -0.05) is 24.3 Å². The standard InChI is InChI=1S/C27H26N3O2/c1-5-29-23-9-7-6-8-20(23)21-16-18(10-13-24(21)29)11-15-26-27(2,3)22-17-19(30(31)32)12-14-25(22)28(26)4/h6-17H,5H2,1-4H3/q+1. The van der Waals surface area contributed by atoms with Crippen LogP contribution in [0, 0.1) is 10.1 Å². The van der Waals surface area contributed by atoms with E-state index in [1.54, 1.807) is 12.1 Å². The molecule has 160 valence electrons. The number of para-hydroxylation sites is 1. The van der Waals surface area contributed by atoms with Crippen molar-refractivity contribution in [2.24, 2.45) is 0 Å². The zero-order valence-corrected chi connectivity index (χ0v) is 18.8. The van der Waals surface area contributed by atoms with Gasteiger partial charge in [0.05, 0.1) is 10.3 Å². The minimum absolute atomic E-state index is 0.133. The molecule has 0 amide bonds. The molecule has 32 heavy (non-hydrogen) atoms. The fraction of sp³-hybridized carbons (Fsp3) is 0.222. The van der Waals surface area contributed by atoms with Crippen LogP contribution in [0.2, 0.25) is 0 Å². The number of nitro groups is 1. The van der Waals surface area contributed by atoms with Crippen LogP contribution in [-0.2, 0) is 12.0 Å². The Balaban J connectivity index is 1.57. The van der Waals surface area contributed by atoms with Crippen molar-refractivity contribution in [3.05, 3.63) is 88.0 Å². The Morgan fingerprint density at radius 1 is 1.00 bits per heavy atom. The maximum atomic E-state index is 11.3. The summed E-state index contributed by atoms with van der Waals surface area (Å²) in [4.78, 5) is 11.0. The van der Waals surface area contributed by atoms with E-state index in [1.165, 1.54) is 21.8 Å². The molecule has 0 spiro atoms. The van der Waals surface area contributed by atoms with Crippen molar-refractivity contribution in [2.45, 2.75) is 32.7 Å². The molecule has 5 rings (SSSR count). The Morgan fingerprint density at radius 3 is 2.50 bits per heavy atom. The van der Waals surface area contributed by atoms with E-state index < -0.39 is 0 Å². The van der Waals surface area contributed by atoms with Gasteiger partial charge in [0.15, 0.2) is 5.71 Å². The van der Waals surface area contributed by atoms with Crippen molar-refractivity contribution in [3.63, 3.8) is 0 Å². The molecule has 0 unspecified atom stereocenters. The number of fused-ring (bicyclic) bond motifs is 4. The second-order valence-corrected chi connectivity index (χ2v) is 8.90. The van der Waals surface area contributed by atoms with Gasteiger partial charge in [-0.15, -0.1) is 0 Å². The molecule has 0 fully saturated rings. The van der Waals surface area contributed by atoms with Gasteiger partial charge in [-0.05, 0) is 50.6 Å². The van der Waals surface area contributed by atoms with Gasteiger partial charge in [0.2, 0.25) is 5.69 Å². The molecule has 5 heteroatoms. The second kappa shape index (κ2) is 7.16. The van der Waals surface area contributed by atoms with E-state index in [4.69, 9.17) is 0 Å². The van der Waals surface area contributed by atoms with Gasteiger partial charge in [-0.2, -0.15) is 4.58 Å². The number of nitro benzene ring substituents is 1. The van der Waals surface area contributed by atoms with Crippen LogP contribution in [0.1, 0.15) is 31.9 Å². The van der Waals surface area contributed by atoms with Crippen LogP contribution in [-0.4, -0.2) is 26.8 Å². The third kappa shape index (κ3) is 2.88. The summed E-state index contributed by atoms with van der Waals surface area (Å²) in [7, 11) is 2.02. The number of aromatic nitrogens is 1. The van der Waals surface area contributed by atoms with Crippen molar-refractivity contribution in [1.29, 1.82) is 0 Å². The van der Waals surface area contributed by atoms with E-state index in [9.17, 15) is 10.1 Å². The SMILES string of the molecule is CCn1c2ccccc2c2cc(/C=C/C3=[N+](C)c4ccc([N+](=O)[O-])cc4C3(C)C)ccc21. The van der Waals surface area contributed by atoms with Gasteiger partial charge in [0.1, 0.15) is 7.05 Å². The molecular formula is C27H26N3O2+. The molecule has 0 N–H and O–H groups in total. The molecule has 4 aromatic rings. The van der Waals surface area contributed by atoms with Crippen LogP contribution in [0.5, 0.6) is 0 Å². The molecule has 1 aromatic heterocycles. The molecule has 2 heterocycles. The predicted molar refractivity (Wildman–Crippen MR) is 131 cm³/mol. The summed E-state index contributed by atoms with van der Waals surface area (Å²) >= 11 is 0. The zero-order valence-electron chi connectivity index (χ0n) is 18.8. The van der Waals surface area contributed by atoms with Crippen molar-refractivity contribution < 1.29 is 9.50 Å². The second-order valence-electron chi connectivity index (χ2n) is 8.90. The first-order valence-corrected chi connectivity index (χ1v) is 10.9. The van der Waals surface area contributed by atoms with E-state index in [0.717, 1.165) is 29.1 Å². The molecule has 1 aliphatic rings. The first-order chi connectivity index (χ1) is 15.3. The summed E-state index contributed by atoms with van der Waals surface area (Å²) in [6.07, 6.45) is 4.29.